The summed E-state index contributed by atoms with van der Waals surface area (Å²) in [5.74, 6) is -1.02. The number of sulfonamides is 1. The maximum absolute atomic E-state index is 13.9. The van der Waals surface area contributed by atoms with Crippen molar-refractivity contribution >= 4 is 73.9 Å². The molecule has 2 amide bonds. The minimum atomic E-state index is -4.23. The van der Waals surface area contributed by atoms with Crippen LogP contribution in [0.4, 0.5) is 5.69 Å². The van der Waals surface area contributed by atoms with Crippen LogP contribution in [0.3, 0.4) is 0 Å². The fourth-order valence-electron chi connectivity index (χ4n) is 3.83. The molecule has 7 nitrogen and oxygen atoms in total. The maximum Gasteiger partial charge on any atom is 0.264 e. The highest BCUT2D eigenvalue weighted by Gasteiger charge is 2.33. The number of hydrogen-bond donors (Lipinski definition) is 1. The summed E-state index contributed by atoms with van der Waals surface area (Å²) < 4.78 is 28.7. The van der Waals surface area contributed by atoms with E-state index in [4.69, 9.17) is 46.4 Å². The van der Waals surface area contributed by atoms with Crippen molar-refractivity contribution in [1.29, 1.82) is 0 Å². The Bertz CT molecular complexity index is 1500. The van der Waals surface area contributed by atoms with Gasteiger partial charge in [0.05, 0.1) is 30.7 Å². The van der Waals surface area contributed by atoms with Gasteiger partial charge in [-0.25, -0.2) is 8.42 Å². The zero-order chi connectivity index (χ0) is 29.8. The first-order valence-corrected chi connectivity index (χ1v) is 15.2. The van der Waals surface area contributed by atoms with Crippen molar-refractivity contribution in [2.45, 2.75) is 51.2 Å². The van der Waals surface area contributed by atoms with Crippen LogP contribution in [0.1, 0.15) is 31.9 Å². The van der Waals surface area contributed by atoms with Crippen molar-refractivity contribution in [3.8, 4) is 0 Å². The fourth-order valence-corrected chi connectivity index (χ4v) is 5.85. The summed E-state index contributed by atoms with van der Waals surface area (Å²) in [6.07, 6.45) is 0. The monoisotopic (exact) mass is 643 g/mol. The van der Waals surface area contributed by atoms with Gasteiger partial charge in [0.1, 0.15) is 12.6 Å². The van der Waals surface area contributed by atoms with Crippen LogP contribution in [0.2, 0.25) is 20.1 Å². The van der Waals surface area contributed by atoms with Crippen LogP contribution in [0, 0.1) is 6.92 Å². The normalized spacial score (nSPS) is 12.2. The lowest BCUT2D eigenvalue weighted by atomic mass is 10.1. The van der Waals surface area contributed by atoms with E-state index in [0.29, 0.717) is 10.6 Å². The minimum absolute atomic E-state index is 0.0152. The molecule has 214 valence electrons. The zero-order valence-corrected chi connectivity index (χ0v) is 26.1. The molecular weight excluding hydrogens is 616 g/mol. The van der Waals surface area contributed by atoms with Gasteiger partial charge in [0.15, 0.2) is 0 Å². The number of halogens is 4. The Morgan fingerprint density at radius 2 is 1.40 bits per heavy atom. The van der Waals surface area contributed by atoms with Crippen molar-refractivity contribution in [1.82, 2.24) is 10.2 Å². The van der Waals surface area contributed by atoms with E-state index in [9.17, 15) is 18.0 Å². The molecule has 0 heterocycles. The summed E-state index contributed by atoms with van der Waals surface area (Å²) in [4.78, 5) is 28.2. The highest BCUT2D eigenvalue weighted by molar-refractivity contribution is 7.92. The molecule has 0 radical (unpaired) electrons. The van der Waals surface area contributed by atoms with E-state index in [0.717, 1.165) is 9.87 Å². The Morgan fingerprint density at radius 1 is 0.825 bits per heavy atom. The van der Waals surface area contributed by atoms with Crippen molar-refractivity contribution in [2.24, 2.45) is 0 Å². The third-order valence-corrected chi connectivity index (χ3v) is 9.28. The molecule has 0 unspecified atom stereocenters. The Morgan fingerprint density at radius 3 is 1.95 bits per heavy atom. The Balaban J connectivity index is 2.07. The quantitative estimate of drug-likeness (QED) is 0.265. The molecular formula is C28H29Cl4N3O4S. The van der Waals surface area contributed by atoms with Gasteiger partial charge >= 0.3 is 0 Å². The van der Waals surface area contributed by atoms with Crippen molar-refractivity contribution in [3.63, 3.8) is 0 Å². The molecule has 0 fully saturated rings. The SMILES string of the molecule is Cc1ccc(S(=O)(=O)N(CC(=O)N(Cc2ccc(Cl)c(Cl)c2)[C@H](C)C(=O)NC(C)C)c2ccc(Cl)c(Cl)c2)cc1. The summed E-state index contributed by atoms with van der Waals surface area (Å²) in [7, 11) is -4.23. The lowest BCUT2D eigenvalue weighted by Crippen LogP contribution is -2.52. The lowest BCUT2D eigenvalue weighted by molar-refractivity contribution is -0.139. The minimum Gasteiger partial charge on any atom is -0.352 e. The molecule has 40 heavy (non-hydrogen) atoms. The molecule has 12 heteroatoms. The van der Waals surface area contributed by atoms with E-state index in [1.165, 1.54) is 35.2 Å². The highest BCUT2D eigenvalue weighted by atomic mass is 35.5. The molecule has 0 aliphatic heterocycles. The van der Waals surface area contributed by atoms with E-state index in [2.05, 4.69) is 5.32 Å². The summed E-state index contributed by atoms with van der Waals surface area (Å²) in [6.45, 7) is 6.37. The number of rotatable bonds is 10. The molecule has 3 rings (SSSR count). The molecule has 0 bridgehead atoms. The number of hydrogen-bond acceptors (Lipinski definition) is 4. The number of carbonyl (C=O) groups excluding carboxylic acids is 2. The summed E-state index contributed by atoms with van der Waals surface area (Å²) in [6, 6.07) is 14.3. The van der Waals surface area contributed by atoms with Gasteiger partial charge in [-0.1, -0.05) is 70.2 Å². The second-order valence-electron chi connectivity index (χ2n) is 9.53. The summed E-state index contributed by atoms with van der Waals surface area (Å²) >= 11 is 24.6. The van der Waals surface area contributed by atoms with Gasteiger partial charge in [0.2, 0.25) is 11.8 Å². The van der Waals surface area contributed by atoms with Crippen LogP contribution in [0.5, 0.6) is 0 Å². The van der Waals surface area contributed by atoms with Crippen LogP contribution < -0.4 is 9.62 Å². The predicted molar refractivity (Wildman–Crippen MR) is 162 cm³/mol. The van der Waals surface area contributed by atoms with Crippen molar-refractivity contribution in [2.75, 3.05) is 10.8 Å². The molecule has 0 aromatic heterocycles. The number of anilines is 1. The molecule has 0 saturated heterocycles. The molecule has 0 aliphatic carbocycles. The second-order valence-corrected chi connectivity index (χ2v) is 13.0. The van der Waals surface area contributed by atoms with Crippen molar-refractivity contribution in [3.05, 3.63) is 91.9 Å². The first-order valence-electron chi connectivity index (χ1n) is 12.3. The van der Waals surface area contributed by atoms with Gasteiger partial charge in [0.25, 0.3) is 10.0 Å². The summed E-state index contributed by atoms with van der Waals surface area (Å²) in [5, 5.41) is 3.76. The molecule has 3 aromatic rings. The van der Waals surface area contributed by atoms with Crippen LogP contribution in [-0.4, -0.2) is 43.8 Å². The average molecular weight is 645 g/mol. The number of amides is 2. The van der Waals surface area contributed by atoms with E-state index in [1.54, 1.807) is 51.1 Å². The van der Waals surface area contributed by atoms with Crippen LogP contribution >= 0.6 is 46.4 Å². The second kappa shape index (κ2) is 13.4. The molecule has 1 N–H and O–H groups in total. The molecule has 1 atom stereocenters. The van der Waals surface area contributed by atoms with E-state index in [-0.39, 0.29) is 38.2 Å². The molecule has 0 aliphatic rings. The molecule has 0 spiro atoms. The first-order chi connectivity index (χ1) is 18.7. The highest BCUT2D eigenvalue weighted by Crippen LogP contribution is 2.31. The van der Waals surface area contributed by atoms with Crippen molar-refractivity contribution < 1.29 is 18.0 Å². The maximum atomic E-state index is 13.9. The van der Waals surface area contributed by atoms with Gasteiger partial charge in [0, 0.05) is 12.6 Å². The summed E-state index contributed by atoms with van der Waals surface area (Å²) in [5.41, 5.74) is 1.61. The Kier molecular flexibility index (Phi) is 10.8. The smallest absolute Gasteiger partial charge is 0.264 e. The Hall–Kier alpha value is -2.49. The van der Waals surface area contributed by atoms with Gasteiger partial charge < -0.3 is 10.2 Å². The average Bonchev–Trinajstić information content (AvgIpc) is 2.88. The first kappa shape index (κ1) is 32.0. The number of nitrogens with one attached hydrogen (secondary N) is 1. The number of nitrogens with zero attached hydrogens (tertiary/aromatic N) is 2. The van der Waals surface area contributed by atoms with Crippen LogP contribution in [0.15, 0.2) is 65.6 Å². The molecule has 0 saturated carbocycles. The van der Waals surface area contributed by atoms with Crippen LogP contribution in [-0.2, 0) is 26.2 Å². The number of benzene rings is 3. The zero-order valence-electron chi connectivity index (χ0n) is 22.3. The number of aryl methyl sites for hydroxylation is 1. The van der Waals surface area contributed by atoms with Crippen LogP contribution in [0.25, 0.3) is 0 Å². The third kappa shape index (κ3) is 7.83. The number of carbonyl (C=O) groups is 2. The lowest BCUT2D eigenvalue weighted by Gasteiger charge is -2.32. The topological polar surface area (TPSA) is 86.8 Å². The Labute approximate surface area is 255 Å². The standard InChI is InChI=1S/C28H29Cl4N3O4S/c1-17(2)33-28(37)19(4)34(15-20-7-11-23(29)25(31)13-20)27(36)16-35(21-8-12-24(30)26(32)14-21)40(38,39)22-9-5-18(3)6-10-22/h5-14,17,19H,15-16H2,1-4H3,(H,33,37)/t19-/m1/s1. The van der Waals surface area contributed by atoms with E-state index in [1.807, 2.05) is 6.92 Å². The van der Waals surface area contributed by atoms with Gasteiger partial charge in [-0.3, -0.25) is 13.9 Å². The van der Waals surface area contributed by atoms with E-state index >= 15 is 0 Å². The van der Waals surface area contributed by atoms with E-state index < -0.39 is 34.4 Å². The molecule has 3 aromatic carbocycles. The van der Waals surface area contributed by atoms with Gasteiger partial charge in [-0.15, -0.1) is 0 Å². The third-order valence-electron chi connectivity index (χ3n) is 6.01. The fraction of sp³-hybridized carbons (Fsp3) is 0.286. The largest absolute Gasteiger partial charge is 0.352 e. The van der Waals surface area contributed by atoms with Gasteiger partial charge in [-0.05, 0) is 75.7 Å². The predicted octanol–water partition coefficient (Wildman–Crippen LogP) is 6.75. The van der Waals surface area contributed by atoms with Gasteiger partial charge in [-0.2, -0.15) is 0 Å².